The van der Waals surface area contributed by atoms with Crippen molar-refractivity contribution in [3.05, 3.63) is 0 Å². The van der Waals surface area contributed by atoms with E-state index >= 15 is 0 Å². The summed E-state index contributed by atoms with van der Waals surface area (Å²) in [5.74, 6) is 2.75. The van der Waals surface area contributed by atoms with Gasteiger partial charge in [-0.2, -0.15) is 0 Å². The molecule has 2 nitrogen and oxygen atoms in total. The molecule has 3 aliphatic rings. The minimum atomic E-state index is 0.124. The Labute approximate surface area is 92.3 Å². The molecular formula is C13H22O2. The van der Waals surface area contributed by atoms with Crippen LogP contribution in [-0.4, -0.2) is 19.5 Å². The van der Waals surface area contributed by atoms with Gasteiger partial charge in [0.15, 0.2) is 6.29 Å². The van der Waals surface area contributed by atoms with E-state index in [9.17, 15) is 0 Å². The van der Waals surface area contributed by atoms with Gasteiger partial charge in [0.05, 0.1) is 13.2 Å². The lowest BCUT2D eigenvalue weighted by atomic mass is 9.90. The second kappa shape index (κ2) is 3.46. The summed E-state index contributed by atoms with van der Waals surface area (Å²) in [4.78, 5) is 0. The first-order chi connectivity index (χ1) is 7.22. The summed E-state index contributed by atoms with van der Waals surface area (Å²) in [6.45, 7) is 6.39. The van der Waals surface area contributed by atoms with Crippen LogP contribution in [-0.2, 0) is 9.47 Å². The van der Waals surface area contributed by atoms with Gasteiger partial charge in [-0.1, -0.05) is 13.8 Å². The number of hydrogen-bond donors (Lipinski definition) is 0. The lowest BCUT2D eigenvalue weighted by molar-refractivity contribution is -0.0582. The quantitative estimate of drug-likeness (QED) is 0.713. The molecule has 2 saturated carbocycles. The highest BCUT2D eigenvalue weighted by Gasteiger charge is 2.62. The Kier molecular flexibility index (Phi) is 2.33. The summed E-state index contributed by atoms with van der Waals surface area (Å²) in [5, 5.41) is 0. The van der Waals surface area contributed by atoms with Crippen molar-refractivity contribution in [3.8, 4) is 0 Å². The van der Waals surface area contributed by atoms with E-state index in [1.807, 2.05) is 0 Å². The van der Waals surface area contributed by atoms with Crippen molar-refractivity contribution in [1.29, 1.82) is 0 Å². The molecule has 3 atom stereocenters. The summed E-state index contributed by atoms with van der Waals surface area (Å²) in [7, 11) is 0. The van der Waals surface area contributed by atoms with Gasteiger partial charge in [-0.3, -0.25) is 0 Å². The van der Waals surface area contributed by atoms with Crippen molar-refractivity contribution in [3.63, 3.8) is 0 Å². The van der Waals surface area contributed by atoms with Crippen LogP contribution in [0.2, 0.25) is 0 Å². The van der Waals surface area contributed by atoms with Crippen LogP contribution in [0, 0.1) is 23.2 Å². The van der Waals surface area contributed by atoms with E-state index in [4.69, 9.17) is 9.47 Å². The summed E-state index contributed by atoms with van der Waals surface area (Å²) in [6.07, 6.45) is 5.61. The van der Waals surface area contributed by atoms with Crippen LogP contribution >= 0.6 is 0 Å². The molecule has 1 aliphatic heterocycles. The SMILES string of the molecule is CC(C)C12CCC(CC3OCCO3)C1C2. The van der Waals surface area contributed by atoms with Crippen molar-refractivity contribution >= 4 is 0 Å². The Morgan fingerprint density at radius 2 is 2.00 bits per heavy atom. The molecule has 1 saturated heterocycles. The zero-order valence-electron chi connectivity index (χ0n) is 9.87. The molecule has 0 bridgehead atoms. The Morgan fingerprint density at radius 3 is 2.53 bits per heavy atom. The Hall–Kier alpha value is -0.0800. The van der Waals surface area contributed by atoms with Crippen LogP contribution in [0.25, 0.3) is 0 Å². The fourth-order valence-electron chi connectivity index (χ4n) is 3.95. The van der Waals surface area contributed by atoms with Gasteiger partial charge in [0.1, 0.15) is 0 Å². The highest BCUT2D eigenvalue weighted by Crippen LogP contribution is 2.70. The van der Waals surface area contributed by atoms with Crippen molar-refractivity contribution in [2.45, 2.75) is 45.8 Å². The molecule has 0 aromatic rings. The number of rotatable bonds is 3. The molecule has 2 heteroatoms. The molecular weight excluding hydrogens is 188 g/mol. The maximum Gasteiger partial charge on any atom is 0.158 e. The van der Waals surface area contributed by atoms with Crippen molar-refractivity contribution in [2.75, 3.05) is 13.2 Å². The molecule has 3 unspecified atom stereocenters. The van der Waals surface area contributed by atoms with Gasteiger partial charge in [0, 0.05) is 6.42 Å². The highest BCUT2D eigenvalue weighted by atomic mass is 16.7. The molecule has 3 fully saturated rings. The number of ether oxygens (including phenoxy) is 2. The fraction of sp³-hybridized carbons (Fsp3) is 1.00. The van der Waals surface area contributed by atoms with Gasteiger partial charge in [0.2, 0.25) is 0 Å². The van der Waals surface area contributed by atoms with E-state index in [0.717, 1.165) is 42.8 Å². The Bertz CT molecular complexity index is 245. The summed E-state index contributed by atoms with van der Waals surface area (Å²) in [5.41, 5.74) is 0.725. The predicted molar refractivity (Wildman–Crippen MR) is 58.4 cm³/mol. The molecule has 1 heterocycles. The largest absolute Gasteiger partial charge is 0.350 e. The maximum absolute atomic E-state index is 5.55. The van der Waals surface area contributed by atoms with E-state index in [0.29, 0.717) is 0 Å². The molecule has 0 radical (unpaired) electrons. The second-order valence-electron chi connectivity index (χ2n) is 5.90. The lowest BCUT2D eigenvalue weighted by Gasteiger charge is -2.16. The van der Waals surface area contributed by atoms with E-state index in [-0.39, 0.29) is 6.29 Å². The molecule has 15 heavy (non-hydrogen) atoms. The Morgan fingerprint density at radius 1 is 1.27 bits per heavy atom. The minimum Gasteiger partial charge on any atom is -0.350 e. The summed E-state index contributed by atoms with van der Waals surface area (Å²) < 4.78 is 11.1. The average Bonchev–Trinajstić information content (AvgIpc) is 2.58. The topological polar surface area (TPSA) is 18.5 Å². The van der Waals surface area contributed by atoms with Gasteiger partial charge in [-0.25, -0.2) is 0 Å². The van der Waals surface area contributed by atoms with Gasteiger partial charge >= 0.3 is 0 Å². The first kappa shape index (κ1) is 10.1. The third-order valence-corrected chi connectivity index (χ3v) is 5.06. The van der Waals surface area contributed by atoms with Gasteiger partial charge in [0.25, 0.3) is 0 Å². The first-order valence-corrected chi connectivity index (χ1v) is 6.45. The van der Waals surface area contributed by atoms with Crippen LogP contribution < -0.4 is 0 Å². The zero-order chi connectivity index (χ0) is 10.5. The second-order valence-corrected chi connectivity index (χ2v) is 5.90. The first-order valence-electron chi connectivity index (χ1n) is 6.45. The summed E-state index contributed by atoms with van der Waals surface area (Å²) in [6, 6.07) is 0. The maximum atomic E-state index is 5.55. The minimum absolute atomic E-state index is 0.124. The van der Waals surface area contributed by atoms with Crippen LogP contribution in [0.3, 0.4) is 0 Å². The van der Waals surface area contributed by atoms with E-state index in [2.05, 4.69) is 13.8 Å². The molecule has 3 rings (SSSR count). The fourth-order valence-corrected chi connectivity index (χ4v) is 3.95. The lowest BCUT2D eigenvalue weighted by Crippen LogP contribution is -2.14. The van der Waals surface area contributed by atoms with Gasteiger partial charge < -0.3 is 9.47 Å². The van der Waals surface area contributed by atoms with Crippen LogP contribution in [0.5, 0.6) is 0 Å². The molecule has 0 aromatic heterocycles. The summed E-state index contributed by atoms with van der Waals surface area (Å²) >= 11 is 0. The third kappa shape index (κ3) is 1.53. The smallest absolute Gasteiger partial charge is 0.158 e. The normalized spacial score (nSPS) is 45.0. The van der Waals surface area contributed by atoms with Gasteiger partial charge in [-0.05, 0) is 42.4 Å². The zero-order valence-corrected chi connectivity index (χ0v) is 9.87. The third-order valence-electron chi connectivity index (χ3n) is 5.06. The monoisotopic (exact) mass is 210 g/mol. The highest BCUT2D eigenvalue weighted by molar-refractivity contribution is 5.11. The van der Waals surface area contributed by atoms with Crippen molar-refractivity contribution in [1.82, 2.24) is 0 Å². The predicted octanol–water partition coefficient (Wildman–Crippen LogP) is 2.82. The molecule has 0 N–H and O–H groups in total. The molecule has 2 aliphatic carbocycles. The number of fused-ring (bicyclic) bond motifs is 1. The standard InChI is InChI=1S/C13H22O2/c1-9(2)13-4-3-10(11(13)8-13)7-12-14-5-6-15-12/h9-12H,3-8H2,1-2H3. The van der Waals surface area contributed by atoms with E-state index < -0.39 is 0 Å². The van der Waals surface area contributed by atoms with Gasteiger partial charge in [-0.15, -0.1) is 0 Å². The van der Waals surface area contributed by atoms with Crippen molar-refractivity contribution in [2.24, 2.45) is 23.2 Å². The van der Waals surface area contributed by atoms with E-state index in [1.165, 1.54) is 19.3 Å². The van der Waals surface area contributed by atoms with Crippen LogP contribution in [0.4, 0.5) is 0 Å². The van der Waals surface area contributed by atoms with Crippen molar-refractivity contribution < 1.29 is 9.47 Å². The van der Waals surface area contributed by atoms with Crippen LogP contribution in [0.15, 0.2) is 0 Å². The van der Waals surface area contributed by atoms with E-state index in [1.54, 1.807) is 0 Å². The number of hydrogen-bond acceptors (Lipinski definition) is 2. The molecule has 0 spiro atoms. The average molecular weight is 210 g/mol. The molecule has 0 amide bonds. The molecule has 0 aromatic carbocycles. The van der Waals surface area contributed by atoms with Crippen LogP contribution in [0.1, 0.15) is 39.5 Å². The Balaban J connectivity index is 1.57. The molecule has 86 valence electrons.